The first-order valence-corrected chi connectivity index (χ1v) is 11.3. The maximum absolute atomic E-state index is 12.8. The third-order valence-electron chi connectivity index (χ3n) is 6.15. The fraction of sp³-hybridized carbons (Fsp3) is 0.231. The smallest absolute Gasteiger partial charge is 0.337 e. The highest BCUT2D eigenvalue weighted by Gasteiger charge is 2.27. The molecule has 0 saturated carbocycles. The predicted molar refractivity (Wildman–Crippen MR) is 130 cm³/mol. The fourth-order valence-electron chi connectivity index (χ4n) is 4.40. The van der Waals surface area contributed by atoms with E-state index in [1.807, 2.05) is 35.2 Å². The third kappa shape index (κ3) is 4.22. The lowest BCUT2D eigenvalue weighted by Gasteiger charge is -2.33. The van der Waals surface area contributed by atoms with Crippen LogP contribution in [0.3, 0.4) is 0 Å². The normalized spacial score (nSPS) is 14.2. The van der Waals surface area contributed by atoms with Crippen molar-refractivity contribution in [3.05, 3.63) is 78.5 Å². The molecule has 0 atom stereocenters. The molecule has 172 valence electrons. The van der Waals surface area contributed by atoms with Crippen LogP contribution in [0.25, 0.3) is 22.6 Å². The van der Waals surface area contributed by atoms with Crippen LogP contribution in [0.5, 0.6) is 0 Å². The fourth-order valence-corrected chi connectivity index (χ4v) is 4.40. The molecule has 1 N–H and O–H groups in total. The number of nitrogens with zero attached hydrogens (tertiary/aromatic N) is 4. The van der Waals surface area contributed by atoms with Gasteiger partial charge in [-0.1, -0.05) is 30.3 Å². The number of rotatable bonds is 4. The topological polar surface area (TPSA) is 89.4 Å². The number of benzene rings is 2. The van der Waals surface area contributed by atoms with Crippen molar-refractivity contribution in [1.82, 2.24) is 19.4 Å². The van der Waals surface area contributed by atoms with Crippen molar-refractivity contribution in [3.63, 3.8) is 0 Å². The Morgan fingerprint density at radius 3 is 2.41 bits per heavy atom. The predicted octanol–water partition coefficient (Wildman–Crippen LogP) is 4.75. The maximum Gasteiger partial charge on any atom is 0.337 e. The van der Waals surface area contributed by atoms with Gasteiger partial charge in [0.2, 0.25) is 0 Å². The number of urea groups is 1. The van der Waals surface area contributed by atoms with E-state index in [1.165, 1.54) is 7.11 Å². The maximum atomic E-state index is 12.8. The van der Waals surface area contributed by atoms with E-state index in [9.17, 15) is 9.59 Å². The van der Waals surface area contributed by atoms with Gasteiger partial charge in [-0.15, -0.1) is 0 Å². The Morgan fingerprint density at radius 2 is 1.71 bits per heavy atom. The van der Waals surface area contributed by atoms with E-state index in [0.29, 0.717) is 24.3 Å². The Labute approximate surface area is 197 Å². The molecule has 0 bridgehead atoms. The SMILES string of the molecule is COC(=O)c1ccc(NC(=O)N2CCC(n3c(-c4ccccc4)nc4cccnc43)CC2)cc1. The summed E-state index contributed by atoms with van der Waals surface area (Å²) in [6.45, 7) is 1.25. The quantitative estimate of drug-likeness (QED) is 0.449. The molecule has 4 aromatic rings. The van der Waals surface area contributed by atoms with Gasteiger partial charge in [-0.3, -0.25) is 0 Å². The van der Waals surface area contributed by atoms with E-state index in [2.05, 4.69) is 27.0 Å². The van der Waals surface area contributed by atoms with Gasteiger partial charge in [0.05, 0.1) is 12.7 Å². The van der Waals surface area contributed by atoms with E-state index in [4.69, 9.17) is 9.72 Å². The summed E-state index contributed by atoms with van der Waals surface area (Å²) in [5, 5.41) is 2.92. The van der Waals surface area contributed by atoms with Gasteiger partial charge in [0.25, 0.3) is 0 Å². The second-order valence-electron chi connectivity index (χ2n) is 8.23. The van der Waals surface area contributed by atoms with Crippen molar-refractivity contribution in [2.45, 2.75) is 18.9 Å². The Balaban J connectivity index is 1.30. The van der Waals surface area contributed by atoms with Gasteiger partial charge in [0.15, 0.2) is 5.65 Å². The summed E-state index contributed by atoms with van der Waals surface area (Å²) in [6, 6.07) is 20.7. The zero-order valence-corrected chi connectivity index (χ0v) is 18.8. The zero-order valence-electron chi connectivity index (χ0n) is 18.8. The summed E-state index contributed by atoms with van der Waals surface area (Å²) in [5.41, 5.74) is 3.87. The Morgan fingerprint density at radius 1 is 0.971 bits per heavy atom. The molecule has 1 fully saturated rings. The van der Waals surface area contributed by atoms with Gasteiger partial charge in [0.1, 0.15) is 11.3 Å². The number of hydrogen-bond acceptors (Lipinski definition) is 5. The number of pyridine rings is 1. The van der Waals surface area contributed by atoms with Crippen LogP contribution in [-0.2, 0) is 4.74 Å². The van der Waals surface area contributed by atoms with Crippen LogP contribution in [0, 0.1) is 0 Å². The minimum atomic E-state index is -0.406. The standard InChI is InChI=1S/C26H25N5O3/c1-34-25(32)19-9-11-20(12-10-19)28-26(33)30-16-13-21(14-17-30)31-23(18-6-3-2-4-7-18)29-22-8-5-15-27-24(22)31/h2-12,15,21H,13-14,16-17H2,1H3,(H,28,33). The number of nitrogens with one attached hydrogen (secondary N) is 1. The van der Waals surface area contributed by atoms with E-state index >= 15 is 0 Å². The van der Waals surface area contributed by atoms with Crippen LogP contribution in [0.1, 0.15) is 29.2 Å². The zero-order chi connectivity index (χ0) is 23.5. The number of anilines is 1. The van der Waals surface area contributed by atoms with Gasteiger partial charge in [-0.05, 0) is 49.2 Å². The van der Waals surface area contributed by atoms with Crippen LogP contribution in [-0.4, -0.2) is 51.6 Å². The summed E-state index contributed by atoms with van der Waals surface area (Å²) in [5.74, 6) is 0.499. The first-order chi connectivity index (χ1) is 16.6. The number of carbonyl (C=O) groups excluding carboxylic acids is 2. The van der Waals surface area contributed by atoms with E-state index in [0.717, 1.165) is 35.4 Å². The molecule has 1 aliphatic rings. The van der Waals surface area contributed by atoms with Crippen molar-refractivity contribution in [1.29, 1.82) is 0 Å². The molecule has 2 amide bonds. The second-order valence-corrected chi connectivity index (χ2v) is 8.23. The monoisotopic (exact) mass is 455 g/mol. The molecule has 0 spiro atoms. The number of fused-ring (bicyclic) bond motifs is 1. The number of imidazole rings is 1. The van der Waals surface area contributed by atoms with Crippen molar-refractivity contribution < 1.29 is 14.3 Å². The van der Waals surface area contributed by atoms with Crippen molar-refractivity contribution >= 4 is 28.9 Å². The van der Waals surface area contributed by atoms with Gasteiger partial charge in [0, 0.05) is 36.6 Å². The highest BCUT2D eigenvalue weighted by atomic mass is 16.5. The molecule has 1 aliphatic heterocycles. The number of methoxy groups -OCH3 is 1. The first-order valence-electron chi connectivity index (χ1n) is 11.3. The highest BCUT2D eigenvalue weighted by molar-refractivity contribution is 5.92. The minimum absolute atomic E-state index is 0.152. The average molecular weight is 456 g/mol. The number of carbonyl (C=O) groups is 2. The Bertz CT molecular complexity index is 1310. The molecule has 2 aromatic heterocycles. The summed E-state index contributed by atoms with van der Waals surface area (Å²) in [7, 11) is 1.34. The number of hydrogen-bond donors (Lipinski definition) is 1. The Kier molecular flexibility index (Phi) is 5.95. The molecular weight excluding hydrogens is 430 g/mol. The van der Waals surface area contributed by atoms with Crippen molar-refractivity contribution in [2.24, 2.45) is 0 Å². The highest BCUT2D eigenvalue weighted by Crippen LogP contribution is 2.32. The molecule has 3 heterocycles. The molecular formula is C26H25N5O3. The molecule has 8 heteroatoms. The Hall–Kier alpha value is -4.20. The van der Waals surface area contributed by atoms with Crippen LogP contribution in [0.15, 0.2) is 72.9 Å². The van der Waals surface area contributed by atoms with Crippen LogP contribution < -0.4 is 5.32 Å². The molecule has 0 unspecified atom stereocenters. The van der Waals surface area contributed by atoms with Crippen LogP contribution >= 0.6 is 0 Å². The lowest BCUT2D eigenvalue weighted by atomic mass is 10.0. The molecule has 2 aromatic carbocycles. The van der Waals surface area contributed by atoms with Crippen LogP contribution in [0.4, 0.5) is 10.5 Å². The number of esters is 1. The molecule has 5 rings (SSSR count). The minimum Gasteiger partial charge on any atom is -0.465 e. The number of likely N-dealkylation sites (tertiary alicyclic amines) is 1. The second kappa shape index (κ2) is 9.35. The first kappa shape index (κ1) is 21.6. The summed E-state index contributed by atoms with van der Waals surface area (Å²) < 4.78 is 6.94. The lowest BCUT2D eigenvalue weighted by molar-refractivity contribution is 0.0600. The summed E-state index contributed by atoms with van der Waals surface area (Å²) >= 11 is 0. The largest absolute Gasteiger partial charge is 0.465 e. The van der Waals surface area contributed by atoms with E-state index < -0.39 is 5.97 Å². The molecule has 34 heavy (non-hydrogen) atoms. The number of amides is 2. The van der Waals surface area contributed by atoms with Gasteiger partial charge in [-0.2, -0.15) is 0 Å². The number of ether oxygens (including phenoxy) is 1. The van der Waals surface area contributed by atoms with Gasteiger partial charge < -0.3 is 19.5 Å². The van der Waals surface area contributed by atoms with Crippen LogP contribution in [0.2, 0.25) is 0 Å². The summed E-state index contributed by atoms with van der Waals surface area (Å²) in [6.07, 6.45) is 3.40. The summed E-state index contributed by atoms with van der Waals surface area (Å²) in [4.78, 5) is 35.7. The van der Waals surface area contributed by atoms with E-state index in [-0.39, 0.29) is 12.1 Å². The molecule has 0 radical (unpaired) electrons. The third-order valence-corrected chi connectivity index (χ3v) is 6.15. The van der Waals surface area contributed by atoms with Crippen molar-refractivity contribution in [2.75, 3.05) is 25.5 Å². The number of piperidine rings is 1. The molecule has 8 nitrogen and oxygen atoms in total. The van der Waals surface area contributed by atoms with E-state index in [1.54, 1.807) is 30.5 Å². The van der Waals surface area contributed by atoms with Gasteiger partial charge >= 0.3 is 12.0 Å². The average Bonchev–Trinajstić information content (AvgIpc) is 3.29. The lowest BCUT2D eigenvalue weighted by Crippen LogP contribution is -2.41. The number of aromatic nitrogens is 3. The molecule has 1 saturated heterocycles. The molecule has 0 aliphatic carbocycles. The van der Waals surface area contributed by atoms with Crippen molar-refractivity contribution in [3.8, 4) is 11.4 Å². The van der Waals surface area contributed by atoms with Gasteiger partial charge in [-0.25, -0.2) is 19.6 Å².